The second kappa shape index (κ2) is 12.9. The number of pyridine rings is 1. The average molecular weight is 618 g/mol. The van der Waals surface area contributed by atoms with Crippen molar-refractivity contribution in [3.8, 4) is 17.2 Å². The average Bonchev–Trinajstić information content (AvgIpc) is 3.70. The molecule has 14 heteroatoms. The number of nitrogens with one attached hydrogen (secondary N) is 2. The van der Waals surface area contributed by atoms with Gasteiger partial charge in [0, 0.05) is 17.7 Å². The maximum atomic E-state index is 13.0. The fourth-order valence-electron chi connectivity index (χ4n) is 3.65. The van der Waals surface area contributed by atoms with E-state index in [1.807, 2.05) is 0 Å². The Hall–Kier alpha value is -3.35. The van der Waals surface area contributed by atoms with Gasteiger partial charge in [-0.05, 0) is 60.7 Å². The Kier molecular flexibility index (Phi) is 9.54. The van der Waals surface area contributed by atoms with Gasteiger partial charge in [-0.2, -0.15) is 8.78 Å². The molecule has 2 aromatic carbocycles. The van der Waals surface area contributed by atoms with Crippen LogP contribution in [-0.4, -0.2) is 34.0 Å². The van der Waals surface area contributed by atoms with Crippen molar-refractivity contribution in [3.05, 3.63) is 76.0 Å². The number of rotatable bonds is 12. The first-order chi connectivity index (χ1) is 19.0. The summed E-state index contributed by atoms with van der Waals surface area (Å²) < 4.78 is 72.4. The smallest absolute Gasteiger partial charge is 0.489 e. The van der Waals surface area contributed by atoms with E-state index in [2.05, 4.69) is 14.4 Å². The number of anilines is 1. The molecule has 0 amide bonds. The van der Waals surface area contributed by atoms with Gasteiger partial charge in [-0.1, -0.05) is 29.3 Å². The fourth-order valence-corrected chi connectivity index (χ4v) is 4.75. The van der Waals surface area contributed by atoms with Gasteiger partial charge in [0.2, 0.25) is 10.0 Å². The molecule has 0 unspecified atom stereocenters. The highest BCUT2D eigenvalue weighted by Gasteiger charge is 2.26. The molecule has 0 bridgehead atoms. The number of aromatic amines is 1. The lowest BCUT2D eigenvalue weighted by Gasteiger charge is -2.21. The van der Waals surface area contributed by atoms with Gasteiger partial charge in [-0.3, -0.25) is 4.72 Å². The van der Waals surface area contributed by atoms with Crippen molar-refractivity contribution in [1.29, 1.82) is 0 Å². The molecule has 1 saturated carbocycles. The van der Waals surface area contributed by atoms with E-state index in [4.69, 9.17) is 37.4 Å². The van der Waals surface area contributed by atoms with Crippen LogP contribution < -0.4 is 23.9 Å². The second-order valence-corrected chi connectivity index (χ2v) is 11.6. The van der Waals surface area contributed by atoms with Gasteiger partial charge in [0.25, 0.3) is 0 Å². The minimum absolute atomic E-state index is 0.00970. The van der Waals surface area contributed by atoms with Gasteiger partial charge in [0.05, 0.1) is 12.9 Å². The van der Waals surface area contributed by atoms with E-state index in [0.29, 0.717) is 23.7 Å². The number of carbonyl (C=O) groups excluding carboxylic acids is 1. The molecule has 1 heterocycles. The Morgan fingerprint density at radius 2 is 1.75 bits per heavy atom. The number of ether oxygens (including phenoxy) is 4. The molecule has 1 atom stereocenters. The van der Waals surface area contributed by atoms with Gasteiger partial charge in [-0.15, -0.1) is 0 Å². The van der Waals surface area contributed by atoms with Gasteiger partial charge >= 0.3 is 12.8 Å². The van der Waals surface area contributed by atoms with Crippen LogP contribution in [0.5, 0.6) is 17.2 Å². The molecule has 0 spiro atoms. The Labute approximate surface area is 239 Å². The predicted octanol–water partition coefficient (Wildman–Crippen LogP) is 6.07. The summed E-state index contributed by atoms with van der Waals surface area (Å²) in [6.45, 7) is -2.74. The van der Waals surface area contributed by atoms with Crippen molar-refractivity contribution < 1.29 is 45.9 Å². The maximum Gasteiger partial charge on any atom is 0.514 e. The van der Waals surface area contributed by atoms with Crippen molar-refractivity contribution in [2.75, 3.05) is 17.6 Å². The molecular formula is C26H25Cl2F2N2O7S+. The number of sulfonamides is 1. The summed E-state index contributed by atoms with van der Waals surface area (Å²) in [4.78, 5) is 15.6. The molecule has 0 aliphatic heterocycles. The molecule has 1 aromatic heterocycles. The van der Waals surface area contributed by atoms with E-state index >= 15 is 0 Å². The lowest BCUT2D eigenvalue weighted by Crippen LogP contribution is -2.18. The minimum atomic E-state index is -3.48. The Balaban J connectivity index is 1.58. The number of carbonyl (C=O) groups is 1. The van der Waals surface area contributed by atoms with Crippen molar-refractivity contribution >= 4 is 45.1 Å². The summed E-state index contributed by atoms with van der Waals surface area (Å²) in [6.07, 6.45) is 3.88. The summed E-state index contributed by atoms with van der Waals surface area (Å²) in [6, 6.07) is 9.80. The number of alkyl halides is 2. The van der Waals surface area contributed by atoms with E-state index in [9.17, 15) is 22.0 Å². The zero-order valence-corrected chi connectivity index (χ0v) is 23.4. The number of hydrogen-bond donors (Lipinski definition) is 1. The van der Waals surface area contributed by atoms with Crippen LogP contribution in [0, 0.1) is 5.92 Å². The second-order valence-electron chi connectivity index (χ2n) is 9.03. The highest BCUT2D eigenvalue weighted by atomic mass is 35.5. The van der Waals surface area contributed by atoms with Crippen LogP contribution in [0.4, 0.5) is 19.3 Å². The normalized spacial score (nSPS) is 13.9. The standard InChI is InChI=1S/C26H24Cl2F2N2O7S/c1-40(34,35)32-17-5-7-18(8-6-17)37-26(33)39-23(11-19-20(27)12-31-13-21(19)28)16-4-9-22(38-25(29)30)24(10-16)36-14-15-2-3-15/h4-10,12-13,15,23,25,32H,2-3,11,14H2,1H3/p+1/t23-/m0/s1. The van der Waals surface area contributed by atoms with Gasteiger partial charge in [0.1, 0.15) is 21.9 Å². The third-order valence-corrected chi connectivity index (χ3v) is 6.99. The Morgan fingerprint density at radius 3 is 2.35 bits per heavy atom. The lowest BCUT2D eigenvalue weighted by atomic mass is 10.0. The molecule has 0 radical (unpaired) electrons. The summed E-state index contributed by atoms with van der Waals surface area (Å²) in [5.74, 6) is 0.331. The highest BCUT2D eigenvalue weighted by molar-refractivity contribution is 7.92. The third kappa shape index (κ3) is 8.83. The van der Waals surface area contributed by atoms with Gasteiger partial charge in [0.15, 0.2) is 23.9 Å². The molecule has 4 rings (SSSR count). The Morgan fingerprint density at radius 1 is 1.07 bits per heavy atom. The lowest BCUT2D eigenvalue weighted by molar-refractivity contribution is -0.377. The summed E-state index contributed by atoms with van der Waals surface area (Å²) >= 11 is 12.7. The molecule has 40 heavy (non-hydrogen) atoms. The van der Waals surface area contributed by atoms with Crippen molar-refractivity contribution in [2.45, 2.75) is 32.0 Å². The molecule has 0 saturated heterocycles. The fraction of sp³-hybridized carbons (Fsp3) is 0.308. The quantitative estimate of drug-likeness (QED) is 0.194. The van der Waals surface area contributed by atoms with E-state index in [1.54, 1.807) is 0 Å². The minimum Gasteiger partial charge on any atom is -0.489 e. The molecular weight excluding hydrogens is 593 g/mol. The van der Waals surface area contributed by atoms with E-state index in [0.717, 1.165) is 19.1 Å². The number of benzene rings is 2. The predicted molar refractivity (Wildman–Crippen MR) is 143 cm³/mol. The first-order valence-corrected chi connectivity index (χ1v) is 14.6. The van der Waals surface area contributed by atoms with Crippen LogP contribution >= 0.6 is 23.2 Å². The summed E-state index contributed by atoms with van der Waals surface area (Å²) in [5, 5.41) is 0.567. The number of H-pyrrole nitrogens is 1. The Bertz CT molecular complexity index is 1440. The van der Waals surface area contributed by atoms with Crippen molar-refractivity contribution in [1.82, 2.24) is 0 Å². The summed E-state index contributed by atoms with van der Waals surface area (Å²) in [7, 11) is -3.48. The summed E-state index contributed by atoms with van der Waals surface area (Å²) in [5.41, 5.74) is 1.12. The zero-order chi connectivity index (χ0) is 28.9. The molecule has 2 N–H and O–H groups in total. The van der Waals surface area contributed by atoms with Crippen LogP contribution in [0.25, 0.3) is 0 Å². The van der Waals surface area contributed by atoms with Gasteiger partial charge in [-0.25, -0.2) is 18.2 Å². The number of aromatic nitrogens is 1. The zero-order valence-electron chi connectivity index (χ0n) is 21.0. The third-order valence-electron chi connectivity index (χ3n) is 5.71. The monoisotopic (exact) mass is 617 g/mol. The number of hydrogen-bond acceptors (Lipinski definition) is 7. The molecule has 1 aliphatic carbocycles. The topological polar surface area (TPSA) is 114 Å². The first-order valence-electron chi connectivity index (χ1n) is 12.0. The molecule has 214 valence electrons. The molecule has 9 nitrogen and oxygen atoms in total. The number of halogens is 4. The molecule has 3 aromatic rings. The first kappa shape index (κ1) is 29.6. The van der Waals surface area contributed by atoms with Crippen LogP contribution in [-0.2, 0) is 21.2 Å². The van der Waals surface area contributed by atoms with Crippen LogP contribution in [0.3, 0.4) is 0 Å². The largest absolute Gasteiger partial charge is 0.514 e. The van der Waals surface area contributed by atoms with E-state index in [-0.39, 0.29) is 39.4 Å². The van der Waals surface area contributed by atoms with Crippen molar-refractivity contribution in [3.63, 3.8) is 0 Å². The SMILES string of the molecule is CS(=O)(=O)Nc1ccc(OC(=O)O[C@@H](Cc2c(Cl)c[nH+]cc2Cl)c2ccc(OC(F)F)c(OCC3CC3)c2)cc1. The van der Waals surface area contributed by atoms with Crippen molar-refractivity contribution in [2.24, 2.45) is 5.92 Å². The van der Waals surface area contributed by atoms with Gasteiger partial charge < -0.3 is 18.9 Å². The van der Waals surface area contributed by atoms with E-state index in [1.165, 1.54) is 54.9 Å². The maximum absolute atomic E-state index is 13.0. The van der Waals surface area contributed by atoms with E-state index < -0.39 is 28.9 Å². The van der Waals surface area contributed by atoms with Crippen LogP contribution in [0.2, 0.25) is 10.0 Å². The van der Waals surface area contributed by atoms with Crippen LogP contribution in [0.1, 0.15) is 30.1 Å². The molecule has 1 fully saturated rings. The molecule has 1 aliphatic rings. The highest BCUT2D eigenvalue weighted by Crippen LogP contribution is 2.38. The van der Waals surface area contributed by atoms with Crippen LogP contribution in [0.15, 0.2) is 54.9 Å².